The van der Waals surface area contributed by atoms with Gasteiger partial charge in [-0.3, -0.25) is 9.69 Å². The molecule has 7 heteroatoms. The molecule has 126 valence electrons. The Kier molecular flexibility index (Phi) is 5.55. The second-order valence-electron chi connectivity index (χ2n) is 5.59. The summed E-state index contributed by atoms with van der Waals surface area (Å²) in [4.78, 5) is 15.7. The van der Waals surface area contributed by atoms with Crippen molar-refractivity contribution in [1.82, 2.24) is 9.80 Å². The van der Waals surface area contributed by atoms with Crippen LogP contribution in [0.5, 0.6) is 0 Å². The lowest BCUT2D eigenvalue weighted by Crippen LogP contribution is -2.52. The number of thiocarbonyl (C=S) groups is 1. The van der Waals surface area contributed by atoms with Gasteiger partial charge in [-0.1, -0.05) is 54.3 Å². The molecule has 1 aliphatic rings. The molecule has 1 fully saturated rings. The quantitative estimate of drug-likeness (QED) is 0.793. The van der Waals surface area contributed by atoms with Gasteiger partial charge in [0, 0.05) is 0 Å². The monoisotopic (exact) mass is 362 g/mol. The number of hydrogen-bond donors (Lipinski definition) is 1. The highest BCUT2D eigenvalue weighted by molar-refractivity contribution is 8.22. The van der Waals surface area contributed by atoms with Gasteiger partial charge in [0.15, 0.2) is 0 Å². The third-order valence-corrected chi connectivity index (χ3v) is 5.47. The summed E-state index contributed by atoms with van der Waals surface area (Å²) in [5, 5.41) is 9.67. The fraction of sp³-hybridized carbons (Fsp3) is 0.294. The summed E-state index contributed by atoms with van der Waals surface area (Å²) in [6, 6.07) is 12.8. The molecule has 2 heterocycles. The van der Waals surface area contributed by atoms with Crippen molar-refractivity contribution in [3.05, 3.63) is 60.1 Å². The summed E-state index contributed by atoms with van der Waals surface area (Å²) >= 11 is 6.90. The Morgan fingerprint density at radius 2 is 2.08 bits per heavy atom. The highest BCUT2D eigenvalue weighted by Crippen LogP contribution is 2.24. The number of carbonyl (C=O) groups is 1. The summed E-state index contributed by atoms with van der Waals surface area (Å²) in [7, 11) is 0. The van der Waals surface area contributed by atoms with Crippen LogP contribution >= 0.6 is 24.0 Å². The van der Waals surface area contributed by atoms with E-state index in [-0.39, 0.29) is 0 Å². The van der Waals surface area contributed by atoms with Gasteiger partial charge in [-0.25, -0.2) is 0 Å². The largest absolute Gasteiger partial charge is 0.480 e. The predicted molar refractivity (Wildman–Crippen MR) is 97.6 cm³/mol. The second-order valence-corrected chi connectivity index (χ2v) is 7.17. The van der Waals surface area contributed by atoms with E-state index in [4.69, 9.17) is 16.6 Å². The molecule has 1 N–H and O–H groups in total. The van der Waals surface area contributed by atoms with Crippen LogP contribution in [-0.2, 0) is 17.8 Å². The zero-order valence-corrected chi connectivity index (χ0v) is 14.6. The first-order valence-electron chi connectivity index (χ1n) is 7.58. The molecule has 24 heavy (non-hydrogen) atoms. The molecule has 0 spiro atoms. The Hall–Kier alpha value is -1.83. The SMILES string of the molecule is O=C(O)[C@H](Cc1ccccc1)N1CSC(=S)N(Cc2ccco2)C1. The van der Waals surface area contributed by atoms with Gasteiger partial charge in [-0.05, 0) is 24.1 Å². The Balaban J connectivity index is 1.71. The Bertz CT molecular complexity index is 691. The first-order valence-corrected chi connectivity index (χ1v) is 8.98. The van der Waals surface area contributed by atoms with Crippen molar-refractivity contribution >= 4 is 34.3 Å². The van der Waals surface area contributed by atoms with Gasteiger partial charge in [-0.15, -0.1) is 0 Å². The fourth-order valence-electron chi connectivity index (χ4n) is 2.65. The molecule has 0 radical (unpaired) electrons. The predicted octanol–water partition coefficient (Wildman–Crippen LogP) is 3.03. The van der Waals surface area contributed by atoms with Crippen molar-refractivity contribution in [2.45, 2.75) is 19.0 Å². The molecule has 0 aliphatic carbocycles. The number of carboxylic acids is 1. The topological polar surface area (TPSA) is 56.9 Å². The number of rotatable bonds is 6. The second kappa shape index (κ2) is 7.83. The minimum Gasteiger partial charge on any atom is -0.480 e. The Labute approximate surface area is 150 Å². The fourth-order valence-corrected chi connectivity index (χ4v) is 3.77. The maximum Gasteiger partial charge on any atom is 0.321 e. The number of aliphatic carboxylic acids is 1. The van der Waals surface area contributed by atoms with E-state index < -0.39 is 12.0 Å². The standard InChI is InChI=1S/C17H18N2O3S2/c20-16(21)15(9-13-5-2-1-3-6-13)19-11-18(17(23)24-12-19)10-14-7-4-8-22-14/h1-8,15H,9-12H2,(H,20,21)/t15-/m0/s1. The van der Waals surface area contributed by atoms with Gasteiger partial charge in [0.05, 0.1) is 25.4 Å². The third kappa shape index (κ3) is 4.17. The van der Waals surface area contributed by atoms with Crippen LogP contribution in [0.1, 0.15) is 11.3 Å². The molecule has 1 atom stereocenters. The molecule has 5 nitrogen and oxygen atoms in total. The lowest BCUT2D eigenvalue weighted by molar-refractivity contribution is -0.143. The average molecular weight is 362 g/mol. The number of carboxylic acid groups (broad SMARTS) is 1. The number of nitrogens with zero attached hydrogens (tertiary/aromatic N) is 2. The van der Waals surface area contributed by atoms with Crippen LogP contribution in [0.3, 0.4) is 0 Å². The van der Waals surface area contributed by atoms with Crippen molar-refractivity contribution in [2.75, 3.05) is 12.5 Å². The van der Waals surface area contributed by atoms with Gasteiger partial charge in [0.1, 0.15) is 16.1 Å². The summed E-state index contributed by atoms with van der Waals surface area (Å²) in [5.41, 5.74) is 1.01. The molecule has 1 aromatic heterocycles. The van der Waals surface area contributed by atoms with E-state index in [1.165, 1.54) is 11.8 Å². The van der Waals surface area contributed by atoms with Crippen molar-refractivity contribution in [3.63, 3.8) is 0 Å². The molecular weight excluding hydrogens is 344 g/mol. The highest BCUT2D eigenvalue weighted by Gasteiger charge is 2.32. The van der Waals surface area contributed by atoms with Gasteiger partial charge in [-0.2, -0.15) is 0 Å². The van der Waals surface area contributed by atoms with Crippen LogP contribution in [0.4, 0.5) is 0 Å². The molecule has 0 unspecified atom stereocenters. The Morgan fingerprint density at radius 3 is 2.75 bits per heavy atom. The number of hydrogen-bond acceptors (Lipinski definition) is 5. The van der Waals surface area contributed by atoms with E-state index in [1.54, 1.807) is 6.26 Å². The van der Waals surface area contributed by atoms with E-state index >= 15 is 0 Å². The molecular formula is C17H18N2O3S2. The van der Waals surface area contributed by atoms with E-state index in [0.29, 0.717) is 25.5 Å². The van der Waals surface area contributed by atoms with E-state index in [0.717, 1.165) is 15.6 Å². The summed E-state index contributed by atoms with van der Waals surface area (Å²) in [6.45, 7) is 1.03. The van der Waals surface area contributed by atoms with Crippen LogP contribution in [0.2, 0.25) is 0 Å². The van der Waals surface area contributed by atoms with Gasteiger partial charge in [0.25, 0.3) is 0 Å². The van der Waals surface area contributed by atoms with Crippen LogP contribution in [0, 0.1) is 0 Å². The molecule has 1 aromatic carbocycles. The van der Waals surface area contributed by atoms with E-state index in [1.807, 2.05) is 52.3 Å². The smallest absolute Gasteiger partial charge is 0.321 e. The normalized spacial score (nSPS) is 17.0. The molecule has 2 aromatic rings. The summed E-state index contributed by atoms with van der Waals surface area (Å²) < 4.78 is 6.15. The molecule has 3 rings (SSSR count). The van der Waals surface area contributed by atoms with Crippen LogP contribution in [-0.4, -0.2) is 43.8 Å². The maximum absolute atomic E-state index is 11.8. The van der Waals surface area contributed by atoms with Crippen LogP contribution < -0.4 is 0 Å². The summed E-state index contributed by atoms with van der Waals surface area (Å²) in [5.74, 6) is 0.581. The van der Waals surface area contributed by atoms with E-state index in [9.17, 15) is 9.90 Å². The molecule has 0 bridgehead atoms. The highest BCUT2D eigenvalue weighted by atomic mass is 32.2. The van der Waals surface area contributed by atoms with Crippen molar-refractivity contribution in [2.24, 2.45) is 0 Å². The van der Waals surface area contributed by atoms with Crippen molar-refractivity contribution < 1.29 is 14.3 Å². The van der Waals surface area contributed by atoms with Crippen LogP contribution in [0.15, 0.2) is 53.1 Å². The minimum absolute atomic E-state index is 0.470. The van der Waals surface area contributed by atoms with Crippen molar-refractivity contribution in [3.8, 4) is 0 Å². The van der Waals surface area contributed by atoms with Gasteiger partial charge >= 0.3 is 5.97 Å². The van der Waals surface area contributed by atoms with E-state index in [2.05, 4.69) is 0 Å². The third-order valence-electron chi connectivity index (χ3n) is 3.89. The first kappa shape index (κ1) is 17.0. The van der Waals surface area contributed by atoms with Gasteiger partial charge in [0.2, 0.25) is 0 Å². The zero-order chi connectivity index (χ0) is 16.9. The molecule has 1 saturated heterocycles. The maximum atomic E-state index is 11.8. The Morgan fingerprint density at radius 1 is 1.29 bits per heavy atom. The number of furan rings is 1. The van der Waals surface area contributed by atoms with Crippen LogP contribution in [0.25, 0.3) is 0 Å². The first-order chi connectivity index (χ1) is 11.6. The molecule has 1 aliphatic heterocycles. The summed E-state index contributed by atoms with van der Waals surface area (Å²) in [6.07, 6.45) is 2.10. The zero-order valence-electron chi connectivity index (χ0n) is 13.0. The molecule has 0 amide bonds. The van der Waals surface area contributed by atoms with Gasteiger partial charge < -0.3 is 14.4 Å². The van der Waals surface area contributed by atoms with Crippen molar-refractivity contribution in [1.29, 1.82) is 0 Å². The number of benzene rings is 1. The number of thioether (sulfide) groups is 1. The average Bonchev–Trinajstić information content (AvgIpc) is 3.09. The lowest BCUT2D eigenvalue weighted by atomic mass is 10.1. The molecule has 0 saturated carbocycles. The lowest BCUT2D eigenvalue weighted by Gasteiger charge is -2.39. The minimum atomic E-state index is -0.815.